The zero-order chi connectivity index (χ0) is 17.2. The summed E-state index contributed by atoms with van der Waals surface area (Å²) in [7, 11) is 0. The highest BCUT2D eigenvalue weighted by Crippen LogP contribution is 2.22. The van der Waals surface area contributed by atoms with Gasteiger partial charge in [0.1, 0.15) is 11.4 Å². The summed E-state index contributed by atoms with van der Waals surface area (Å²) in [5.74, 6) is 0.699. The molecule has 124 valence electrons. The van der Waals surface area contributed by atoms with Gasteiger partial charge in [0.15, 0.2) is 0 Å². The predicted octanol–water partition coefficient (Wildman–Crippen LogP) is 4.28. The van der Waals surface area contributed by atoms with E-state index < -0.39 is 11.7 Å². The molecule has 5 nitrogen and oxygen atoms in total. The molecule has 2 rings (SSSR count). The average molecular weight is 315 g/mol. The minimum absolute atomic E-state index is 0.260. The van der Waals surface area contributed by atoms with Crippen molar-refractivity contribution in [2.75, 3.05) is 0 Å². The Hall–Kier alpha value is -2.30. The molecule has 2 N–H and O–H groups in total. The molecule has 2 aromatic rings. The number of rotatable bonds is 3. The number of alkyl carbamates (subject to hydrolysis) is 1. The number of ether oxygens (including phenoxy) is 1. The number of nitrogens with one attached hydrogen (secondary N) is 2. The number of benzene rings is 1. The number of aromatic nitrogens is 2. The third-order valence-corrected chi connectivity index (χ3v) is 3.27. The number of amides is 1. The van der Waals surface area contributed by atoms with E-state index in [4.69, 9.17) is 4.74 Å². The molecule has 1 amide bonds. The molecule has 1 heterocycles. The molecule has 0 saturated carbocycles. The number of aryl methyl sites for hydroxylation is 2. The fraction of sp³-hybridized carbons (Fsp3) is 0.444. The van der Waals surface area contributed by atoms with Gasteiger partial charge in [0.05, 0.1) is 17.9 Å². The van der Waals surface area contributed by atoms with Gasteiger partial charge in [-0.1, -0.05) is 17.2 Å². The van der Waals surface area contributed by atoms with Crippen molar-refractivity contribution in [2.45, 2.75) is 53.2 Å². The molecule has 0 bridgehead atoms. The maximum atomic E-state index is 11.8. The lowest BCUT2D eigenvalue weighted by Crippen LogP contribution is -2.34. The number of carbonyl (C=O) groups excluding carboxylic acids is 1. The molecule has 0 aliphatic rings. The van der Waals surface area contributed by atoms with Crippen molar-refractivity contribution in [3.63, 3.8) is 0 Å². The normalized spacial score (nSPS) is 12.8. The predicted molar refractivity (Wildman–Crippen MR) is 91.3 cm³/mol. The van der Waals surface area contributed by atoms with Crippen molar-refractivity contribution < 1.29 is 9.53 Å². The first kappa shape index (κ1) is 17.1. The number of carbonyl (C=O) groups is 1. The van der Waals surface area contributed by atoms with Crippen LogP contribution in [0.5, 0.6) is 0 Å². The number of aromatic amines is 1. The van der Waals surface area contributed by atoms with Crippen LogP contribution < -0.4 is 5.32 Å². The van der Waals surface area contributed by atoms with E-state index in [2.05, 4.69) is 47.3 Å². The molecule has 0 unspecified atom stereocenters. The molecule has 0 saturated heterocycles. The summed E-state index contributed by atoms with van der Waals surface area (Å²) < 4.78 is 5.26. The number of imidazole rings is 1. The Balaban J connectivity index is 2.11. The zero-order valence-corrected chi connectivity index (χ0v) is 14.7. The topological polar surface area (TPSA) is 67.0 Å². The van der Waals surface area contributed by atoms with E-state index in [1.54, 1.807) is 6.20 Å². The number of hydrogen-bond donors (Lipinski definition) is 2. The summed E-state index contributed by atoms with van der Waals surface area (Å²) in [6, 6.07) is 6.09. The Morgan fingerprint density at radius 3 is 2.39 bits per heavy atom. The Morgan fingerprint density at radius 1 is 1.22 bits per heavy atom. The summed E-state index contributed by atoms with van der Waals surface area (Å²) in [6.45, 7) is 11.5. The molecule has 1 aromatic heterocycles. The van der Waals surface area contributed by atoms with E-state index >= 15 is 0 Å². The van der Waals surface area contributed by atoms with Crippen molar-refractivity contribution in [3.05, 3.63) is 41.3 Å². The standard InChI is InChI=1S/C18H25N3O2/c1-11-7-12(2)9-14(8-11)15-10-19-16(21-15)13(3)20-17(22)23-18(4,5)6/h7-10,13H,1-6H3,(H,19,21)(H,20,22)/t13-/m0/s1. The Morgan fingerprint density at radius 2 is 1.83 bits per heavy atom. The summed E-state index contributed by atoms with van der Waals surface area (Å²) in [5.41, 5.74) is 3.92. The van der Waals surface area contributed by atoms with Gasteiger partial charge in [0, 0.05) is 5.56 Å². The minimum Gasteiger partial charge on any atom is -0.444 e. The number of nitrogens with zero attached hydrogens (tertiary/aromatic N) is 1. The van der Waals surface area contributed by atoms with Gasteiger partial charge in [-0.25, -0.2) is 9.78 Å². The van der Waals surface area contributed by atoms with Crippen LogP contribution >= 0.6 is 0 Å². The third kappa shape index (κ3) is 4.84. The molecule has 1 aromatic carbocycles. The molecule has 0 aliphatic heterocycles. The molecule has 0 radical (unpaired) electrons. The molecule has 0 fully saturated rings. The van der Waals surface area contributed by atoms with Crippen LogP contribution in [0.25, 0.3) is 11.3 Å². The second-order valence-electron chi connectivity index (χ2n) is 6.93. The molecule has 5 heteroatoms. The minimum atomic E-state index is -0.517. The lowest BCUT2D eigenvalue weighted by molar-refractivity contribution is 0.0506. The van der Waals surface area contributed by atoms with Crippen molar-refractivity contribution in [2.24, 2.45) is 0 Å². The van der Waals surface area contributed by atoms with E-state index in [0.29, 0.717) is 5.82 Å². The SMILES string of the molecule is Cc1cc(C)cc(-c2cnc([C@H](C)NC(=O)OC(C)(C)C)[nH]2)c1. The van der Waals surface area contributed by atoms with Crippen LogP contribution in [-0.4, -0.2) is 21.7 Å². The van der Waals surface area contributed by atoms with E-state index in [9.17, 15) is 4.79 Å². The van der Waals surface area contributed by atoms with Gasteiger partial charge in [-0.05, 0) is 53.7 Å². The van der Waals surface area contributed by atoms with Crippen LogP contribution in [-0.2, 0) is 4.74 Å². The van der Waals surface area contributed by atoms with E-state index in [-0.39, 0.29) is 6.04 Å². The zero-order valence-electron chi connectivity index (χ0n) is 14.7. The van der Waals surface area contributed by atoms with Gasteiger partial charge in [0.2, 0.25) is 0 Å². The van der Waals surface area contributed by atoms with Crippen LogP contribution in [0.3, 0.4) is 0 Å². The van der Waals surface area contributed by atoms with Crippen molar-refractivity contribution in [3.8, 4) is 11.3 Å². The van der Waals surface area contributed by atoms with Gasteiger partial charge < -0.3 is 15.0 Å². The van der Waals surface area contributed by atoms with Crippen LogP contribution in [0, 0.1) is 13.8 Å². The lowest BCUT2D eigenvalue weighted by atomic mass is 10.1. The maximum Gasteiger partial charge on any atom is 0.408 e. The fourth-order valence-corrected chi connectivity index (χ4v) is 2.39. The van der Waals surface area contributed by atoms with Gasteiger partial charge in [-0.3, -0.25) is 0 Å². The largest absolute Gasteiger partial charge is 0.444 e. The molecule has 0 aliphatic carbocycles. The lowest BCUT2D eigenvalue weighted by Gasteiger charge is -2.21. The molecular formula is C18H25N3O2. The second kappa shape index (κ2) is 6.44. The number of H-pyrrole nitrogens is 1. The molecule has 0 spiro atoms. The first-order valence-corrected chi connectivity index (χ1v) is 7.77. The van der Waals surface area contributed by atoms with Gasteiger partial charge in [-0.15, -0.1) is 0 Å². The van der Waals surface area contributed by atoms with Gasteiger partial charge >= 0.3 is 6.09 Å². The smallest absolute Gasteiger partial charge is 0.408 e. The van der Waals surface area contributed by atoms with Crippen LogP contribution in [0.1, 0.15) is 50.7 Å². The first-order chi connectivity index (χ1) is 10.6. The summed E-state index contributed by atoms with van der Waals surface area (Å²) in [6.07, 6.45) is 1.34. The highest BCUT2D eigenvalue weighted by atomic mass is 16.6. The summed E-state index contributed by atoms with van der Waals surface area (Å²) >= 11 is 0. The second-order valence-corrected chi connectivity index (χ2v) is 6.93. The maximum absolute atomic E-state index is 11.8. The Labute approximate surface area is 137 Å². The van der Waals surface area contributed by atoms with E-state index in [1.807, 2.05) is 27.7 Å². The first-order valence-electron chi connectivity index (χ1n) is 7.77. The molecule has 1 atom stereocenters. The highest BCUT2D eigenvalue weighted by molar-refractivity contribution is 5.68. The molecule has 23 heavy (non-hydrogen) atoms. The van der Waals surface area contributed by atoms with Crippen LogP contribution in [0.2, 0.25) is 0 Å². The highest BCUT2D eigenvalue weighted by Gasteiger charge is 2.19. The Kier molecular flexibility index (Phi) is 4.78. The fourth-order valence-electron chi connectivity index (χ4n) is 2.39. The molecular weight excluding hydrogens is 290 g/mol. The van der Waals surface area contributed by atoms with Crippen LogP contribution in [0.4, 0.5) is 4.79 Å². The van der Waals surface area contributed by atoms with Gasteiger partial charge in [0.25, 0.3) is 0 Å². The van der Waals surface area contributed by atoms with Crippen molar-refractivity contribution >= 4 is 6.09 Å². The Bertz CT molecular complexity index is 678. The van der Waals surface area contributed by atoms with Crippen molar-refractivity contribution in [1.29, 1.82) is 0 Å². The summed E-state index contributed by atoms with van der Waals surface area (Å²) in [5, 5.41) is 2.79. The van der Waals surface area contributed by atoms with E-state index in [0.717, 1.165) is 11.3 Å². The van der Waals surface area contributed by atoms with E-state index in [1.165, 1.54) is 11.1 Å². The monoisotopic (exact) mass is 315 g/mol. The third-order valence-electron chi connectivity index (χ3n) is 3.27. The number of hydrogen-bond acceptors (Lipinski definition) is 3. The summed E-state index contributed by atoms with van der Waals surface area (Å²) in [4.78, 5) is 19.5. The van der Waals surface area contributed by atoms with Crippen LogP contribution in [0.15, 0.2) is 24.4 Å². The van der Waals surface area contributed by atoms with Crippen molar-refractivity contribution in [1.82, 2.24) is 15.3 Å². The quantitative estimate of drug-likeness (QED) is 0.888. The van der Waals surface area contributed by atoms with Gasteiger partial charge in [-0.2, -0.15) is 0 Å². The average Bonchev–Trinajstić information content (AvgIpc) is 2.84.